The van der Waals surface area contributed by atoms with Crippen LogP contribution in [0.1, 0.15) is 35.8 Å². The molecule has 0 aliphatic heterocycles. The van der Waals surface area contributed by atoms with Gasteiger partial charge < -0.3 is 26.8 Å². The van der Waals surface area contributed by atoms with Crippen LogP contribution in [0.5, 0.6) is 0 Å². The largest absolute Gasteiger partial charge is 0.369 e. The molecule has 0 aliphatic carbocycles. The molecular formula is C22H23N7O. The summed E-state index contributed by atoms with van der Waals surface area (Å²) in [4.78, 5) is 19.1. The molecule has 0 spiro atoms. The first-order valence-electron chi connectivity index (χ1n) is 9.70. The van der Waals surface area contributed by atoms with Crippen LogP contribution in [-0.4, -0.2) is 27.5 Å². The Morgan fingerprint density at radius 2 is 1.83 bits per heavy atom. The monoisotopic (exact) mass is 401 g/mol. The number of aromatic amines is 2. The van der Waals surface area contributed by atoms with Crippen LogP contribution in [0.2, 0.25) is 0 Å². The summed E-state index contributed by atoms with van der Waals surface area (Å²) in [5.41, 5.74) is 15.5. The fraction of sp³-hybridized carbons (Fsp3) is 0.136. The summed E-state index contributed by atoms with van der Waals surface area (Å²) >= 11 is 0. The molecule has 7 N–H and O–H groups in total. The number of benzene rings is 2. The van der Waals surface area contributed by atoms with Crippen molar-refractivity contribution in [1.29, 1.82) is 0 Å². The van der Waals surface area contributed by atoms with E-state index in [1.54, 1.807) is 0 Å². The minimum absolute atomic E-state index is 0.0824. The summed E-state index contributed by atoms with van der Waals surface area (Å²) in [6, 6.07) is 15.4. The Morgan fingerprint density at radius 3 is 2.63 bits per heavy atom. The number of rotatable bonds is 6. The number of guanidine groups is 1. The molecule has 2 aromatic carbocycles. The molecule has 4 rings (SSSR count). The zero-order chi connectivity index (χ0) is 21.1. The molecule has 0 saturated heterocycles. The summed E-state index contributed by atoms with van der Waals surface area (Å²) in [5, 5.41) is 12.9. The Balaban J connectivity index is 1.60. The Kier molecular flexibility index (Phi) is 5.21. The minimum atomic E-state index is -0.207. The van der Waals surface area contributed by atoms with Crippen molar-refractivity contribution < 1.29 is 4.79 Å². The van der Waals surface area contributed by atoms with E-state index in [1.165, 1.54) is 0 Å². The number of anilines is 1. The maximum atomic E-state index is 12.7. The lowest BCUT2D eigenvalue weighted by Gasteiger charge is -2.04. The maximum Gasteiger partial charge on any atom is 0.272 e. The molecule has 30 heavy (non-hydrogen) atoms. The van der Waals surface area contributed by atoms with E-state index in [1.807, 2.05) is 54.7 Å². The lowest BCUT2D eigenvalue weighted by Crippen LogP contribution is -2.22. The van der Waals surface area contributed by atoms with E-state index in [0.29, 0.717) is 5.69 Å². The van der Waals surface area contributed by atoms with Crippen LogP contribution in [0.3, 0.4) is 0 Å². The average Bonchev–Trinajstić information content (AvgIpc) is 3.36. The summed E-state index contributed by atoms with van der Waals surface area (Å²) in [7, 11) is 0. The maximum absolute atomic E-state index is 12.7. The van der Waals surface area contributed by atoms with Crippen LogP contribution in [-0.2, 0) is 0 Å². The zero-order valence-corrected chi connectivity index (χ0v) is 16.6. The third-order valence-corrected chi connectivity index (χ3v) is 4.79. The second-order valence-electron chi connectivity index (χ2n) is 7.04. The van der Waals surface area contributed by atoms with E-state index in [-0.39, 0.29) is 11.9 Å². The van der Waals surface area contributed by atoms with E-state index >= 15 is 0 Å². The highest BCUT2D eigenvalue weighted by Gasteiger charge is 2.12. The van der Waals surface area contributed by atoms with Gasteiger partial charge in [0.2, 0.25) is 5.96 Å². The molecule has 0 fully saturated rings. The zero-order valence-electron chi connectivity index (χ0n) is 16.6. The van der Waals surface area contributed by atoms with Gasteiger partial charge >= 0.3 is 0 Å². The topological polar surface area (TPSA) is 137 Å². The van der Waals surface area contributed by atoms with Crippen LogP contribution in [0.4, 0.5) is 5.69 Å². The summed E-state index contributed by atoms with van der Waals surface area (Å²) in [5.74, 6) is -0.289. The van der Waals surface area contributed by atoms with Gasteiger partial charge in [-0.2, -0.15) is 5.10 Å². The number of nitrogens with two attached hydrogens (primary N) is 2. The van der Waals surface area contributed by atoms with Crippen LogP contribution < -0.4 is 16.8 Å². The van der Waals surface area contributed by atoms with Crippen molar-refractivity contribution in [3.63, 3.8) is 0 Å². The Hall–Kier alpha value is -4.07. The molecule has 0 unspecified atom stereocenters. The summed E-state index contributed by atoms with van der Waals surface area (Å²) < 4.78 is 0. The first kappa shape index (κ1) is 19.3. The van der Waals surface area contributed by atoms with E-state index in [4.69, 9.17) is 11.5 Å². The molecule has 2 heterocycles. The molecule has 2 aromatic heterocycles. The lowest BCUT2D eigenvalue weighted by molar-refractivity contribution is 0.102. The van der Waals surface area contributed by atoms with Gasteiger partial charge in [0.1, 0.15) is 5.69 Å². The van der Waals surface area contributed by atoms with Crippen molar-refractivity contribution >= 4 is 45.1 Å². The standard InChI is InChI=1S/C22H23N7O/c1-2-3-17(28-29-22(23)24)14-4-5-15-11-20(27-19(15)10-14)21(30)26-16-7-6-13-8-9-25-18(13)12-16/h4-12,25,27H,2-3H2,1H3,(H,26,30)(H4,23,24,29)/b28-17+. The van der Waals surface area contributed by atoms with Gasteiger partial charge in [-0.25, -0.2) is 0 Å². The van der Waals surface area contributed by atoms with E-state index in [0.717, 1.165) is 51.6 Å². The van der Waals surface area contributed by atoms with Gasteiger partial charge in [-0.1, -0.05) is 31.5 Å². The number of carbonyl (C=O) groups excluding carboxylic acids is 1. The third-order valence-electron chi connectivity index (χ3n) is 4.79. The van der Waals surface area contributed by atoms with Crippen LogP contribution in [0, 0.1) is 0 Å². The molecule has 8 nitrogen and oxygen atoms in total. The number of hydrogen-bond acceptors (Lipinski definition) is 3. The van der Waals surface area contributed by atoms with E-state index < -0.39 is 0 Å². The SMILES string of the molecule is CCC/C(=N\N=C(N)N)c1ccc2cc(C(=O)Nc3ccc4cc[nH]c4c3)[nH]c2c1. The first-order valence-corrected chi connectivity index (χ1v) is 9.70. The van der Waals surface area contributed by atoms with E-state index in [2.05, 4.69) is 32.4 Å². The highest BCUT2D eigenvalue weighted by Crippen LogP contribution is 2.21. The number of amides is 1. The Bertz CT molecular complexity index is 1280. The third kappa shape index (κ3) is 4.02. The lowest BCUT2D eigenvalue weighted by atomic mass is 10.0. The predicted octanol–water partition coefficient (Wildman–Crippen LogP) is 3.68. The normalized spacial score (nSPS) is 11.7. The second-order valence-corrected chi connectivity index (χ2v) is 7.04. The van der Waals surface area contributed by atoms with Gasteiger partial charge in [-0.05, 0) is 47.7 Å². The number of H-pyrrole nitrogens is 2. The molecule has 152 valence electrons. The number of nitrogens with one attached hydrogen (secondary N) is 3. The molecule has 8 heteroatoms. The highest BCUT2D eigenvalue weighted by atomic mass is 16.1. The quantitative estimate of drug-likeness (QED) is 0.191. The van der Waals surface area contributed by atoms with Crippen molar-refractivity contribution in [2.75, 3.05) is 5.32 Å². The highest BCUT2D eigenvalue weighted by molar-refractivity contribution is 6.08. The van der Waals surface area contributed by atoms with Crippen LogP contribution in [0.25, 0.3) is 21.8 Å². The van der Waals surface area contributed by atoms with Gasteiger partial charge in [0.05, 0.1) is 5.71 Å². The summed E-state index contributed by atoms with van der Waals surface area (Å²) in [6.45, 7) is 2.06. The number of aromatic nitrogens is 2. The molecule has 0 bridgehead atoms. The predicted molar refractivity (Wildman–Crippen MR) is 122 cm³/mol. The Labute approximate surface area is 173 Å². The van der Waals surface area contributed by atoms with Crippen molar-refractivity contribution in [2.24, 2.45) is 21.7 Å². The van der Waals surface area contributed by atoms with Crippen LogP contribution in [0.15, 0.2) is 64.9 Å². The average molecular weight is 401 g/mol. The van der Waals surface area contributed by atoms with Crippen molar-refractivity contribution in [1.82, 2.24) is 9.97 Å². The van der Waals surface area contributed by atoms with Crippen molar-refractivity contribution in [3.05, 3.63) is 66.0 Å². The summed E-state index contributed by atoms with van der Waals surface area (Å²) in [6.07, 6.45) is 3.51. The number of nitrogens with zero attached hydrogens (tertiary/aromatic N) is 2. The molecule has 0 radical (unpaired) electrons. The number of hydrogen-bond donors (Lipinski definition) is 5. The van der Waals surface area contributed by atoms with Gasteiger partial charge in [0.15, 0.2) is 0 Å². The van der Waals surface area contributed by atoms with Crippen LogP contribution >= 0.6 is 0 Å². The second kappa shape index (κ2) is 8.12. The van der Waals surface area contributed by atoms with Gasteiger partial charge in [-0.15, -0.1) is 5.10 Å². The molecule has 0 atom stereocenters. The van der Waals surface area contributed by atoms with Gasteiger partial charge in [0, 0.05) is 28.3 Å². The fourth-order valence-electron chi connectivity index (χ4n) is 3.36. The smallest absolute Gasteiger partial charge is 0.272 e. The van der Waals surface area contributed by atoms with Crippen molar-refractivity contribution in [3.8, 4) is 0 Å². The minimum Gasteiger partial charge on any atom is -0.369 e. The van der Waals surface area contributed by atoms with Gasteiger partial charge in [0.25, 0.3) is 5.91 Å². The van der Waals surface area contributed by atoms with E-state index in [9.17, 15) is 4.79 Å². The fourth-order valence-corrected chi connectivity index (χ4v) is 3.36. The first-order chi connectivity index (χ1) is 14.5. The molecule has 1 amide bonds. The molecule has 0 aliphatic rings. The number of carbonyl (C=O) groups is 1. The Morgan fingerprint density at radius 1 is 1.00 bits per heavy atom. The molecule has 0 saturated carbocycles. The number of fused-ring (bicyclic) bond motifs is 2. The molecule has 4 aromatic rings. The van der Waals surface area contributed by atoms with Crippen molar-refractivity contribution in [2.45, 2.75) is 19.8 Å². The van der Waals surface area contributed by atoms with Gasteiger partial charge in [-0.3, -0.25) is 4.79 Å². The molecular weight excluding hydrogens is 378 g/mol.